The van der Waals surface area contributed by atoms with Crippen molar-refractivity contribution in [1.82, 2.24) is 5.32 Å². The van der Waals surface area contributed by atoms with Crippen molar-refractivity contribution in [2.45, 2.75) is 52.4 Å². The number of hydrogen-bond acceptors (Lipinski definition) is 2. The minimum absolute atomic E-state index is 0.956. The molecule has 1 nitrogen and oxygen atoms in total. The molecule has 0 unspecified atom stereocenters. The van der Waals surface area contributed by atoms with Gasteiger partial charge in [0.05, 0.1) is 0 Å². The lowest BCUT2D eigenvalue weighted by Crippen LogP contribution is -2.22. The van der Waals surface area contributed by atoms with E-state index in [0.717, 1.165) is 30.1 Å². The molecule has 0 radical (unpaired) electrons. The fraction of sp³-hybridized carbons (Fsp3) is 1.00. The van der Waals surface area contributed by atoms with Gasteiger partial charge in [-0.2, -0.15) is 12.6 Å². The molecule has 0 amide bonds. The molecule has 3 atom stereocenters. The third kappa shape index (κ3) is 5.58. The molecule has 1 aliphatic rings. The summed E-state index contributed by atoms with van der Waals surface area (Å²) in [7, 11) is 0. The van der Waals surface area contributed by atoms with Gasteiger partial charge in [0.25, 0.3) is 0 Å². The quantitative estimate of drug-likeness (QED) is 0.513. The maximum Gasteiger partial charge on any atom is 0.00397 e. The predicted molar refractivity (Wildman–Crippen MR) is 76.2 cm³/mol. The summed E-state index contributed by atoms with van der Waals surface area (Å²) in [5.74, 6) is 3.91. The first-order valence-electron chi connectivity index (χ1n) is 7.05. The smallest absolute Gasteiger partial charge is 0.00397 e. The molecule has 96 valence electrons. The van der Waals surface area contributed by atoms with Crippen LogP contribution in [0.5, 0.6) is 0 Å². The second-order valence-electron chi connectivity index (χ2n) is 5.62. The highest BCUT2D eigenvalue weighted by atomic mass is 32.1. The summed E-state index contributed by atoms with van der Waals surface area (Å²) in [5.41, 5.74) is 0. The Morgan fingerprint density at radius 1 is 1.12 bits per heavy atom. The van der Waals surface area contributed by atoms with Crippen molar-refractivity contribution in [2.24, 2.45) is 17.8 Å². The first-order valence-corrected chi connectivity index (χ1v) is 7.69. The lowest BCUT2D eigenvalue weighted by atomic mass is 9.73. The van der Waals surface area contributed by atoms with Crippen LogP contribution in [0.25, 0.3) is 0 Å². The van der Waals surface area contributed by atoms with Crippen molar-refractivity contribution in [3.05, 3.63) is 0 Å². The third-order valence-electron chi connectivity index (χ3n) is 4.09. The van der Waals surface area contributed by atoms with Crippen molar-refractivity contribution in [3.63, 3.8) is 0 Å². The van der Waals surface area contributed by atoms with E-state index in [1.807, 2.05) is 0 Å². The standard InChI is InChI=1S/C14H29NS/c1-12-6-7-13(2)14(11-12)5-3-4-8-15-9-10-16/h12-16H,3-11H2,1-2H3/t12-,13-,14-/m0/s1. The van der Waals surface area contributed by atoms with Crippen LogP contribution in [0.4, 0.5) is 0 Å². The molecule has 1 rings (SSSR count). The van der Waals surface area contributed by atoms with E-state index in [1.165, 1.54) is 45.1 Å². The van der Waals surface area contributed by atoms with Gasteiger partial charge in [0.2, 0.25) is 0 Å². The number of nitrogens with one attached hydrogen (secondary N) is 1. The molecule has 1 fully saturated rings. The van der Waals surface area contributed by atoms with Crippen LogP contribution in [0, 0.1) is 17.8 Å². The van der Waals surface area contributed by atoms with Crippen LogP contribution < -0.4 is 5.32 Å². The summed E-state index contributed by atoms with van der Waals surface area (Å²) in [6, 6.07) is 0. The molecule has 0 saturated heterocycles. The number of thiol groups is 1. The topological polar surface area (TPSA) is 12.0 Å². The molecule has 1 saturated carbocycles. The van der Waals surface area contributed by atoms with Gasteiger partial charge in [0.15, 0.2) is 0 Å². The normalized spacial score (nSPS) is 30.6. The molecular weight excluding hydrogens is 214 g/mol. The predicted octanol–water partition coefficient (Wildman–Crippen LogP) is 3.75. The van der Waals surface area contributed by atoms with Crippen LogP contribution in [0.2, 0.25) is 0 Å². The van der Waals surface area contributed by atoms with Crippen LogP contribution in [0.3, 0.4) is 0 Å². The molecule has 1 aliphatic carbocycles. The maximum absolute atomic E-state index is 4.19. The Balaban J connectivity index is 2.02. The Bertz CT molecular complexity index is 172. The van der Waals surface area contributed by atoms with E-state index in [9.17, 15) is 0 Å². The maximum atomic E-state index is 4.19. The van der Waals surface area contributed by atoms with Gasteiger partial charge < -0.3 is 5.32 Å². The number of hydrogen-bond donors (Lipinski definition) is 2. The van der Waals surface area contributed by atoms with Gasteiger partial charge in [-0.15, -0.1) is 0 Å². The Labute approximate surface area is 107 Å². The highest BCUT2D eigenvalue weighted by Crippen LogP contribution is 2.36. The molecule has 0 aromatic heterocycles. The van der Waals surface area contributed by atoms with Gasteiger partial charge in [0, 0.05) is 12.3 Å². The van der Waals surface area contributed by atoms with Crippen molar-refractivity contribution >= 4 is 12.6 Å². The van der Waals surface area contributed by atoms with E-state index in [-0.39, 0.29) is 0 Å². The molecule has 0 heterocycles. The monoisotopic (exact) mass is 243 g/mol. The molecule has 0 aliphatic heterocycles. The summed E-state index contributed by atoms with van der Waals surface area (Å²) in [5, 5.41) is 3.42. The summed E-state index contributed by atoms with van der Waals surface area (Å²) in [6.07, 6.45) is 8.59. The Kier molecular flexibility index (Phi) is 7.55. The van der Waals surface area contributed by atoms with Crippen LogP contribution in [0.1, 0.15) is 52.4 Å². The zero-order valence-electron chi connectivity index (χ0n) is 11.0. The van der Waals surface area contributed by atoms with E-state index >= 15 is 0 Å². The average molecular weight is 243 g/mol. The lowest BCUT2D eigenvalue weighted by molar-refractivity contribution is 0.189. The van der Waals surface area contributed by atoms with Gasteiger partial charge >= 0.3 is 0 Å². The minimum Gasteiger partial charge on any atom is -0.316 e. The van der Waals surface area contributed by atoms with E-state index in [4.69, 9.17) is 0 Å². The Morgan fingerprint density at radius 2 is 1.94 bits per heavy atom. The molecular formula is C14H29NS. The highest BCUT2D eigenvalue weighted by Gasteiger charge is 2.24. The van der Waals surface area contributed by atoms with Gasteiger partial charge in [-0.3, -0.25) is 0 Å². The van der Waals surface area contributed by atoms with E-state index in [0.29, 0.717) is 0 Å². The van der Waals surface area contributed by atoms with Crippen LogP contribution in [-0.4, -0.2) is 18.8 Å². The van der Waals surface area contributed by atoms with Crippen LogP contribution in [0.15, 0.2) is 0 Å². The molecule has 0 bridgehead atoms. The highest BCUT2D eigenvalue weighted by molar-refractivity contribution is 7.80. The molecule has 0 aromatic carbocycles. The van der Waals surface area contributed by atoms with Gasteiger partial charge in [-0.05, 0) is 37.1 Å². The number of unbranched alkanes of at least 4 members (excludes halogenated alkanes) is 1. The van der Waals surface area contributed by atoms with Crippen molar-refractivity contribution in [2.75, 3.05) is 18.8 Å². The molecule has 0 spiro atoms. The van der Waals surface area contributed by atoms with Crippen molar-refractivity contribution < 1.29 is 0 Å². The second kappa shape index (κ2) is 8.41. The second-order valence-corrected chi connectivity index (χ2v) is 6.07. The third-order valence-corrected chi connectivity index (χ3v) is 4.32. The molecule has 2 heteroatoms. The van der Waals surface area contributed by atoms with Gasteiger partial charge in [0.1, 0.15) is 0 Å². The van der Waals surface area contributed by atoms with Crippen LogP contribution >= 0.6 is 12.6 Å². The summed E-state index contributed by atoms with van der Waals surface area (Å²) >= 11 is 4.19. The van der Waals surface area contributed by atoms with Crippen LogP contribution in [-0.2, 0) is 0 Å². The fourth-order valence-corrected chi connectivity index (χ4v) is 3.07. The van der Waals surface area contributed by atoms with E-state index in [1.54, 1.807) is 0 Å². The largest absolute Gasteiger partial charge is 0.316 e. The molecule has 1 N–H and O–H groups in total. The summed E-state index contributed by atoms with van der Waals surface area (Å²) in [4.78, 5) is 0. The fourth-order valence-electron chi connectivity index (χ4n) is 2.91. The average Bonchev–Trinajstić information content (AvgIpc) is 2.28. The molecule has 16 heavy (non-hydrogen) atoms. The first-order chi connectivity index (χ1) is 7.74. The first kappa shape index (κ1) is 14.4. The number of rotatable bonds is 7. The lowest BCUT2D eigenvalue weighted by Gasteiger charge is -2.32. The van der Waals surface area contributed by atoms with Crippen molar-refractivity contribution in [3.8, 4) is 0 Å². The van der Waals surface area contributed by atoms with Crippen molar-refractivity contribution in [1.29, 1.82) is 0 Å². The summed E-state index contributed by atoms with van der Waals surface area (Å²) in [6.45, 7) is 7.11. The SMILES string of the molecule is C[C@H]1CC[C@H](C)[C@@H](CCCCNCCS)C1. The summed E-state index contributed by atoms with van der Waals surface area (Å²) < 4.78 is 0. The zero-order chi connectivity index (χ0) is 11.8. The Hall–Kier alpha value is 0.310. The molecule has 0 aromatic rings. The van der Waals surface area contributed by atoms with E-state index < -0.39 is 0 Å². The Morgan fingerprint density at radius 3 is 2.69 bits per heavy atom. The van der Waals surface area contributed by atoms with Gasteiger partial charge in [-0.25, -0.2) is 0 Å². The zero-order valence-corrected chi connectivity index (χ0v) is 11.9. The van der Waals surface area contributed by atoms with Gasteiger partial charge in [-0.1, -0.05) is 39.5 Å². The van der Waals surface area contributed by atoms with E-state index in [2.05, 4.69) is 31.8 Å². The minimum atomic E-state index is 0.956.